The van der Waals surface area contributed by atoms with Gasteiger partial charge in [0.2, 0.25) is 0 Å². The summed E-state index contributed by atoms with van der Waals surface area (Å²) in [7, 11) is 1.52. The molecule has 7 nitrogen and oxygen atoms in total. The summed E-state index contributed by atoms with van der Waals surface area (Å²) in [5.41, 5.74) is 0.312. The second-order valence-electron chi connectivity index (χ2n) is 4.41. The Morgan fingerprint density at radius 3 is 2.84 bits per heavy atom. The third kappa shape index (κ3) is 3.45. The van der Waals surface area contributed by atoms with Crippen LogP contribution in [0.3, 0.4) is 0 Å². The summed E-state index contributed by atoms with van der Waals surface area (Å²) in [6.45, 7) is 1.72. The molecule has 0 aliphatic carbocycles. The molecular formula is C11H17ClN4O3. The number of nitrogens with zero attached hydrogens (tertiary/aromatic N) is 2. The number of halogens is 1. The zero-order valence-electron chi connectivity index (χ0n) is 10.6. The molecule has 1 amide bonds. The van der Waals surface area contributed by atoms with E-state index < -0.39 is 4.92 Å². The van der Waals surface area contributed by atoms with Crippen molar-refractivity contribution in [2.45, 2.75) is 18.9 Å². The Labute approximate surface area is 116 Å². The van der Waals surface area contributed by atoms with Gasteiger partial charge < -0.3 is 20.7 Å². The first-order valence-electron chi connectivity index (χ1n) is 5.91. The van der Waals surface area contributed by atoms with Crippen LogP contribution in [-0.4, -0.2) is 34.5 Å². The molecule has 1 aromatic rings. The van der Waals surface area contributed by atoms with Crippen molar-refractivity contribution < 1.29 is 9.72 Å². The number of aromatic nitrogens is 1. The zero-order valence-corrected chi connectivity index (χ0v) is 11.4. The molecule has 1 aliphatic rings. The Morgan fingerprint density at radius 2 is 2.32 bits per heavy atom. The van der Waals surface area contributed by atoms with Crippen molar-refractivity contribution in [1.82, 2.24) is 15.2 Å². The third-order valence-electron chi connectivity index (χ3n) is 3.15. The highest BCUT2D eigenvalue weighted by molar-refractivity contribution is 5.93. The van der Waals surface area contributed by atoms with Gasteiger partial charge in [-0.15, -0.1) is 12.4 Å². The molecular weight excluding hydrogens is 272 g/mol. The number of piperidine rings is 1. The molecule has 1 atom stereocenters. The Hall–Kier alpha value is -1.60. The van der Waals surface area contributed by atoms with E-state index in [1.165, 1.54) is 23.7 Å². The minimum atomic E-state index is -0.501. The predicted octanol–water partition coefficient (Wildman–Crippen LogP) is 0.837. The van der Waals surface area contributed by atoms with Gasteiger partial charge in [0.1, 0.15) is 0 Å². The second-order valence-corrected chi connectivity index (χ2v) is 4.41. The molecule has 0 spiro atoms. The Bertz CT molecular complexity index is 469. The van der Waals surface area contributed by atoms with E-state index in [9.17, 15) is 14.9 Å². The van der Waals surface area contributed by atoms with Crippen molar-refractivity contribution in [3.8, 4) is 0 Å². The van der Waals surface area contributed by atoms with Crippen molar-refractivity contribution in [3.05, 3.63) is 27.9 Å². The number of nitro groups is 1. The van der Waals surface area contributed by atoms with Crippen LogP contribution in [0.15, 0.2) is 12.1 Å². The Morgan fingerprint density at radius 1 is 1.58 bits per heavy atom. The van der Waals surface area contributed by atoms with E-state index in [0.717, 1.165) is 25.9 Å². The molecule has 0 aromatic carbocycles. The molecule has 2 heterocycles. The standard InChI is InChI=1S/C11H16N4O3.ClH/c1-14-9(4-5-10(14)15(17)18)11(16)13-8-3-2-6-12-7-8;/h4-5,8,12H,2-3,6-7H2,1H3,(H,13,16);1H. The molecule has 1 aromatic heterocycles. The molecule has 0 saturated carbocycles. The minimum absolute atomic E-state index is 0. The smallest absolute Gasteiger partial charge is 0.323 e. The van der Waals surface area contributed by atoms with E-state index in [1.54, 1.807) is 0 Å². The molecule has 8 heteroatoms. The lowest BCUT2D eigenvalue weighted by atomic mass is 10.1. The van der Waals surface area contributed by atoms with Crippen molar-refractivity contribution >= 4 is 24.1 Å². The van der Waals surface area contributed by atoms with Gasteiger partial charge in [-0.2, -0.15) is 0 Å². The quantitative estimate of drug-likeness (QED) is 0.637. The van der Waals surface area contributed by atoms with Gasteiger partial charge in [0, 0.05) is 18.7 Å². The monoisotopic (exact) mass is 288 g/mol. The summed E-state index contributed by atoms with van der Waals surface area (Å²) in [6.07, 6.45) is 1.96. The minimum Gasteiger partial charge on any atom is -0.358 e. The molecule has 1 aliphatic heterocycles. The predicted molar refractivity (Wildman–Crippen MR) is 72.7 cm³/mol. The van der Waals surface area contributed by atoms with Crippen LogP contribution in [0.4, 0.5) is 5.82 Å². The number of hydrogen-bond acceptors (Lipinski definition) is 4. The van der Waals surface area contributed by atoms with Gasteiger partial charge in [0.25, 0.3) is 5.91 Å². The largest absolute Gasteiger partial charge is 0.358 e. The molecule has 2 N–H and O–H groups in total. The average molecular weight is 289 g/mol. The first-order chi connectivity index (χ1) is 8.59. The molecule has 0 bridgehead atoms. The highest BCUT2D eigenvalue weighted by Crippen LogP contribution is 2.15. The second kappa shape index (κ2) is 6.53. The number of nitrogens with one attached hydrogen (secondary N) is 2. The van der Waals surface area contributed by atoms with Crippen molar-refractivity contribution in [3.63, 3.8) is 0 Å². The summed E-state index contributed by atoms with van der Waals surface area (Å²) in [6, 6.07) is 2.91. The first kappa shape index (κ1) is 15.5. The maximum atomic E-state index is 12.0. The fourth-order valence-electron chi connectivity index (χ4n) is 2.15. The molecule has 1 fully saturated rings. The zero-order chi connectivity index (χ0) is 13.1. The molecule has 0 radical (unpaired) electrons. The molecule has 19 heavy (non-hydrogen) atoms. The summed E-state index contributed by atoms with van der Waals surface area (Å²) in [5, 5.41) is 16.8. The van der Waals surface area contributed by atoms with Gasteiger partial charge in [-0.3, -0.25) is 4.79 Å². The maximum Gasteiger partial charge on any atom is 0.323 e. The fourth-order valence-corrected chi connectivity index (χ4v) is 2.15. The van der Waals surface area contributed by atoms with Gasteiger partial charge in [-0.25, -0.2) is 4.57 Å². The maximum absolute atomic E-state index is 12.0. The van der Waals surface area contributed by atoms with Gasteiger partial charge in [0.15, 0.2) is 5.69 Å². The highest BCUT2D eigenvalue weighted by Gasteiger charge is 2.23. The first-order valence-corrected chi connectivity index (χ1v) is 5.91. The SMILES string of the molecule is Cl.Cn1c(C(=O)NC2CCCNC2)ccc1[N+](=O)[O-]. The van der Waals surface area contributed by atoms with Crippen LogP contribution in [0.2, 0.25) is 0 Å². The van der Waals surface area contributed by atoms with Gasteiger partial charge in [-0.1, -0.05) is 0 Å². The van der Waals surface area contributed by atoms with Gasteiger partial charge in [0.05, 0.1) is 7.05 Å². The number of carbonyl (C=O) groups is 1. The molecule has 1 unspecified atom stereocenters. The summed E-state index contributed by atoms with van der Waals surface area (Å²) in [4.78, 5) is 22.2. The lowest BCUT2D eigenvalue weighted by Crippen LogP contribution is -2.45. The van der Waals surface area contributed by atoms with Gasteiger partial charge >= 0.3 is 5.82 Å². The highest BCUT2D eigenvalue weighted by atomic mass is 35.5. The third-order valence-corrected chi connectivity index (χ3v) is 3.15. The molecule has 1 saturated heterocycles. The van der Waals surface area contributed by atoms with Crippen LogP contribution < -0.4 is 10.6 Å². The van der Waals surface area contributed by atoms with Crippen LogP contribution in [0.25, 0.3) is 0 Å². The molecule has 2 rings (SSSR count). The summed E-state index contributed by atoms with van der Waals surface area (Å²) < 4.78 is 1.30. The summed E-state index contributed by atoms with van der Waals surface area (Å²) in [5.74, 6) is -0.346. The topological polar surface area (TPSA) is 89.2 Å². The van der Waals surface area contributed by atoms with E-state index in [-0.39, 0.29) is 30.2 Å². The van der Waals surface area contributed by atoms with Crippen molar-refractivity contribution in [1.29, 1.82) is 0 Å². The number of carbonyl (C=O) groups excluding carboxylic acids is 1. The number of rotatable bonds is 3. The van der Waals surface area contributed by atoms with Crippen LogP contribution >= 0.6 is 12.4 Å². The van der Waals surface area contributed by atoms with Crippen LogP contribution in [0, 0.1) is 10.1 Å². The lowest BCUT2D eigenvalue weighted by molar-refractivity contribution is -0.391. The van der Waals surface area contributed by atoms with E-state index in [4.69, 9.17) is 0 Å². The number of amides is 1. The summed E-state index contributed by atoms with van der Waals surface area (Å²) >= 11 is 0. The Balaban J connectivity index is 0.00000180. The van der Waals surface area contributed by atoms with E-state index in [1.807, 2.05) is 0 Å². The normalized spacial score (nSPS) is 18.5. The van der Waals surface area contributed by atoms with Gasteiger partial charge in [-0.05, 0) is 30.4 Å². The van der Waals surface area contributed by atoms with Crippen LogP contribution in [-0.2, 0) is 7.05 Å². The van der Waals surface area contributed by atoms with E-state index in [2.05, 4.69) is 10.6 Å². The van der Waals surface area contributed by atoms with Crippen molar-refractivity contribution in [2.24, 2.45) is 7.05 Å². The average Bonchev–Trinajstić information content (AvgIpc) is 2.72. The van der Waals surface area contributed by atoms with Crippen LogP contribution in [0.5, 0.6) is 0 Å². The fraction of sp³-hybridized carbons (Fsp3) is 0.545. The number of hydrogen-bond donors (Lipinski definition) is 2. The Kier molecular flexibility index (Phi) is 5.31. The van der Waals surface area contributed by atoms with Crippen LogP contribution in [0.1, 0.15) is 23.3 Å². The van der Waals surface area contributed by atoms with E-state index >= 15 is 0 Å². The molecule has 106 valence electrons. The van der Waals surface area contributed by atoms with E-state index in [0.29, 0.717) is 5.69 Å². The lowest BCUT2D eigenvalue weighted by Gasteiger charge is -2.23. The van der Waals surface area contributed by atoms with Crippen molar-refractivity contribution in [2.75, 3.05) is 13.1 Å².